The first-order chi connectivity index (χ1) is 13.1. The van der Waals surface area contributed by atoms with Gasteiger partial charge in [0.25, 0.3) is 5.91 Å². The van der Waals surface area contributed by atoms with Gasteiger partial charge in [0, 0.05) is 5.56 Å². The highest BCUT2D eigenvalue weighted by molar-refractivity contribution is 6.32. The van der Waals surface area contributed by atoms with Crippen molar-refractivity contribution >= 4 is 23.2 Å². The van der Waals surface area contributed by atoms with Crippen molar-refractivity contribution in [2.24, 2.45) is 11.1 Å². The fourth-order valence-corrected chi connectivity index (χ4v) is 3.28. The van der Waals surface area contributed by atoms with E-state index in [1.807, 2.05) is 0 Å². The summed E-state index contributed by atoms with van der Waals surface area (Å²) in [6.45, 7) is 0. The molecule has 2 aliphatic heterocycles. The zero-order valence-corrected chi connectivity index (χ0v) is 14.5. The maximum Gasteiger partial charge on any atom is 0.279 e. The van der Waals surface area contributed by atoms with Crippen molar-refractivity contribution in [2.75, 3.05) is 19.1 Å². The summed E-state index contributed by atoms with van der Waals surface area (Å²) in [7, 11) is 3.00. The summed E-state index contributed by atoms with van der Waals surface area (Å²) in [6, 6.07) is 10.6. The maximum atomic E-state index is 14.1. The van der Waals surface area contributed by atoms with Crippen LogP contribution in [0.5, 0.6) is 11.5 Å². The summed E-state index contributed by atoms with van der Waals surface area (Å²) in [4.78, 5) is 31.6. The molecule has 7 nitrogen and oxygen atoms in total. The van der Waals surface area contributed by atoms with Crippen LogP contribution in [0, 0.1) is 11.7 Å². The van der Waals surface area contributed by atoms with Crippen molar-refractivity contribution in [3.8, 4) is 11.5 Å². The van der Waals surface area contributed by atoms with Gasteiger partial charge in [0.05, 0.1) is 19.9 Å². The molecule has 0 spiro atoms. The Morgan fingerprint density at radius 1 is 1.04 bits per heavy atom. The van der Waals surface area contributed by atoms with E-state index in [0.29, 0.717) is 17.1 Å². The fraction of sp³-hybridized carbons (Fsp3) is 0.211. The number of ether oxygens (including phenoxy) is 2. The van der Waals surface area contributed by atoms with Crippen LogP contribution < -0.4 is 14.4 Å². The SMILES string of the molecule is COc1ccc(C2=NO[C@H]3C(=O)N(c4ccccc4F)C(=O)[C@H]23)cc1OC. The number of carbonyl (C=O) groups is 2. The number of fused-ring (bicyclic) bond motifs is 1. The zero-order valence-electron chi connectivity index (χ0n) is 14.5. The lowest BCUT2D eigenvalue weighted by molar-refractivity contribution is -0.126. The van der Waals surface area contributed by atoms with Crippen molar-refractivity contribution in [2.45, 2.75) is 6.10 Å². The average molecular weight is 370 g/mol. The third-order valence-corrected chi connectivity index (χ3v) is 4.58. The number of carbonyl (C=O) groups excluding carboxylic acids is 2. The van der Waals surface area contributed by atoms with Crippen LogP contribution in [-0.4, -0.2) is 37.8 Å². The largest absolute Gasteiger partial charge is 0.493 e. The molecule has 0 bridgehead atoms. The number of para-hydroxylation sites is 1. The monoisotopic (exact) mass is 370 g/mol. The molecule has 27 heavy (non-hydrogen) atoms. The number of hydrogen-bond donors (Lipinski definition) is 0. The molecule has 138 valence electrons. The fourth-order valence-electron chi connectivity index (χ4n) is 3.28. The lowest BCUT2D eigenvalue weighted by Gasteiger charge is -2.16. The van der Waals surface area contributed by atoms with Gasteiger partial charge in [0.2, 0.25) is 12.0 Å². The van der Waals surface area contributed by atoms with E-state index in [0.717, 1.165) is 4.90 Å². The third kappa shape index (κ3) is 2.52. The number of nitrogens with zero attached hydrogens (tertiary/aromatic N) is 2. The highest BCUT2D eigenvalue weighted by atomic mass is 19.1. The third-order valence-electron chi connectivity index (χ3n) is 4.58. The van der Waals surface area contributed by atoms with Crippen LogP contribution in [0.4, 0.5) is 10.1 Å². The van der Waals surface area contributed by atoms with Gasteiger partial charge in [-0.15, -0.1) is 0 Å². The molecular weight excluding hydrogens is 355 g/mol. The minimum absolute atomic E-state index is 0.0999. The molecule has 0 radical (unpaired) electrons. The Hall–Kier alpha value is -3.42. The normalized spacial score (nSPS) is 21.0. The summed E-state index contributed by atoms with van der Waals surface area (Å²) in [5.41, 5.74) is 0.743. The van der Waals surface area contributed by atoms with Crippen molar-refractivity contribution in [1.82, 2.24) is 0 Å². The molecule has 0 unspecified atom stereocenters. The Bertz CT molecular complexity index is 974. The van der Waals surface area contributed by atoms with E-state index in [2.05, 4.69) is 5.16 Å². The van der Waals surface area contributed by atoms with Gasteiger partial charge < -0.3 is 14.3 Å². The minimum Gasteiger partial charge on any atom is -0.493 e. The average Bonchev–Trinajstić information content (AvgIpc) is 3.22. The zero-order chi connectivity index (χ0) is 19.1. The topological polar surface area (TPSA) is 77.4 Å². The van der Waals surface area contributed by atoms with Crippen LogP contribution >= 0.6 is 0 Å². The highest BCUT2D eigenvalue weighted by Gasteiger charge is 2.56. The molecule has 0 saturated carbocycles. The van der Waals surface area contributed by atoms with Gasteiger partial charge in [-0.05, 0) is 30.3 Å². The molecule has 2 aromatic rings. The number of halogens is 1. The van der Waals surface area contributed by atoms with E-state index in [1.54, 1.807) is 24.3 Å². The first-order valence-corrected chi connectivity index (χ1v) is 8.15. The molecule has 1 saturated heterocycles. The molecule has 0 aliphatic carbocycles. The number of anilines is 1. The second-order valence-electron chi connectivity index (χ2n) is 6.01. The Kier molecular flexibility index (Phi) is 4.02. The minimum atomic E-state index is -1.11. The number of amides is 2. The first kappa shape index (κ1) is 17.0. The molecule has 2 aromatic carbocycles. The quantitative estimate of drug-likeness (QED) is 0.771. The summed E-state index contributed by atoms with van der Waals surface area (Å²) >= 11 is 0. The number of methoxy groups -OCH3 is 2. The molecule has 0 aromatic heterocycles. The Balaban J connectivity index is 1.71. The van der Waals surface area contributed by atoms with Gasteiger partial charge in [0.15, 0.2) is 11.5 Å². The second kappa shape index (κ2) is 6.39. The van der Waals surface area contributed by atoms with Crippen LogP contribution in [0.15, 0.2) is 47.6 Å². The van der Waals surface area contributed by atoms with E-state index < -0.39 is 29.7 Å². The van der Waals surface area contributed by atoms with E-state index in [1.165, 1.54) is 32.4 Å². The lowest BCUT2D eigenvalue weighted by Crippen LogP contribution is -2.33. The van der Waals surface area contributed by atoms with Gasteiger partial charge in [-0.3, -0.25) is 9.59 Å². The molecular formula is C19H15FN2O5. The van der Waals surface area contributed by atoms with Crippen LogP contribution in [0.1, 0.15) is 5.56 Å². The van der Waals surface area contributed by atoms with Gasteiger partial charge in [0.1, 0.15) is 17.4 Å². The number of imide groups is 1. The molecule has 2 atom stereocenters. The van der Waals surface area contributed by atoms with E-state index in [9.17, 15) is 14.0 Å². The molecule has 1 fully saturated rings. The second-order valence-corrected chi connectivity index (χ2v) is 6.01. The van der Waals surface area contributed by atoms with Gasteiger partial charge in [-0.25, -0.2) is 9.29 Å². The van der Waals surface area contributed by atoms with Crippen molar-refractivity contribution < 1.29 is 28.3 Å². The summed E-state index contributed by atoms with van der Waals surface area (Å²) in [5.74, 6) is -1.88. The Morgan fingerprint density at radius 3 is 2.48 bits per heavy atom. The van der Waals surface area contributed by atoms with E-state index in [4.69, 9.17) is 14.3 Å². The van der Waals surface area contributed by atoms with Crippen molar-refractivity contribution in [3.05, 3.63) is 53.8 Å². The molecule has 4 rings (SSSR count). The Morgan fingerprint density at radius 2 is 1.78 bits per heavy atom. The van der Waals surface area contributed by atoms with Crippen LogP contribution in [0.3, 0.4) is 0 Å². The predicted octanol–water partition coefficient (Wildman–Crippen LogP) is 2.14. The smallest absolute Gasteiger partial charge is 0.279 e. The van der Waals surface area contributed by atoms with Crippen LogP contribution in [-0.2, 0) is 14.4 Å². The molecule has 2 heterocycles. The molecule has 0 N–H and O–H groups in total. The summed E-state index contributed by atoms with van der Waals surface area (Å²) in [5, 5.41) is 3.93. The first-order valence-electron chi connectivity index (χ1n) is 8.15. The van der Waals surface area contributed by atoms with Crippen LogP contribution in [0.25, 0.3) is 0 Å². The summed E-state index contributed by atoms with van der Waals surface area (Å²) < 4.78 is 24.6. The number of rotatable bonds is 4. The van der Waals surface area contributed by atoms with Crippen molar-refractivity contribution in [3.63, 3.8) is 0 Å². The molecule has 2 amide bonds. The van der Waals surface area contributed by atoms with E-state index >= 15 is 0 Å². The number of hydrogen-bond acceptors (Lipinski definition) is 6. The van der Waals surface area contributed by atoms with Crippen molar-refractivity contribution in [1.29, 1.82) is 0 Å². The maximum absolute atomic E-state index is 14.1. The van der Waals surface area contributed by atoms with Gasteiger partial charge in [-0.2, -0.15) is 0 Å². The highest BCUT2D eigenvalue weighted by Crippen LogP contribution is 2.37. The number of benzene rings is 2. The molecule has 2 aliphatic rings. The van der Waals surface area contributed by atoms with Gasteiger partial charge >= 0.3 is 0 Å². The van der Waals surface area contributed by atoms with Gasteiger partial charge in [-0.1, -0.05) is 17.3 Å². The predicted molar refractivity (Wildman–Crippen MR) is 93.3 cm³/mol. The number of oxime groups is 1. The Labute approximate surface area is 153 Å². The summed E-state index contributed by atoms with van der Waals surface area (Å²) in [6.07, 6.45) is -1.11. The standard InChI is InChI=1S/C19H15FN2O5/c1-25-13-8-7-10(9-14(13)26-2)16-15-17(27-21-16)19(24)22(18(15)23)12-6-4-3-5-11(12)20/h3-9,15,17H,1-2H3/t15-,17-/m1/s1. The van der Waals surface area contributed by atoms with E-state index in [-0.39, 0.29) is 11.4 Å². The van der Waals surface area contributed by atoms with Crippen LogP contribution in [0.2, 0.25) is 0 Å². The molecule has 8 heteroatoms. The lowest BCUT2D eigenvalue weighted by atomic mass is 9.94.